The zero-order chi connectivity index (χ0) is 36.4. The van der Waals surface area contributed by atoms with Crippen LogP contribution in [0.15, 0.2) is 76.5 Å². The Labute approximate surface area is 283 Å². The third-order valence-corrected chi connectivity index (χ3v) is 13.0. The normalized spacial score (nSPS) is 24.0. The summed E-state index contributed by atoms with van der Waals surface area (Å²) in [6.45, 7) is 0. The molecule has 262 valence electrons. The fourth-order valence-corrected chi connectivity index (χ4v) is 11.1. The van der Waals surface area contributed by atoms with Crippen molar-refractivity contribution in [2.24, 2.45) is 17.3 Å². The van der Waals surface area contributed by atoms with E-state index >= 15 is 0 Å². The average Bonchev–Trinajstić information content (AvgIpc) is 3.03. The molecule has 7 rings (SSSR count). The van der Waals surface area contributed by atoms with Gasteiger partial charge in [0.2, 0.25) is 10.0 Å². The molecule has 4 saturated carbocycles. The van der Waals surface area contributed by atoms with E-state index in [1.165, 1.54) is 18.2 Å². The highest BCUT2D eigenvalue weighted by molar-refractivity contribution is 7.93. The van der Waals surface area contributed by atoms with Crippen LogP contribution < -0.4 is 9.03 Å². The molecule has 0 heterocycles. The molecule has 2 N–H and O–H groups in total. The second-order valence-corrected chi connectivity index (χ2v) is 16.4. The number of carbonyl (C=O) groups excluding carboxylic acids is 1. The summed E-state index contributed by atoms with van der Waals surface area (Å²) in [4.78, 5) is 56.6. The van der Waals surface area contributed by atoms with Crippen molar-refractivity contribution in [3.05, 3.63) is 103 Å². The maximum absolute atomic E-state index is 14.4. The predicted octanol–water partition coefficient (Wildman–Crippen LogP) is 4.15. The van der Waals surface area contributed by atoms with E-state index in [2.05, 4.69) is 4.72 Å². The number of hydrogen-bond acceptors (Lipinski definition) is 12. The maximum Gasteiger partial charge on any atom is 0.347 e. The summed E-state index contributed by atoms with van der Waals surface area (Å²) in [7, 11) is -10.1. The van der Waals surface area contributed by atoms with Gasteiger partial charge in [-0.05, 0) is 74.6 Å². The average molecular weight is 730 g/mol. The van der Waals surface area contributed by atoms with Crippen LogP contribution in [0, 0.1) is 47.6 Å². The zero-order valence-electron chi connectivity index (χ0n) is 25.7. The molecule has 4 aliphatic rings. The van der Waals surface area contributed by atoms with Gasteiger partial charge >= 0.3 is 17.3 Å². The summed E-state index contributed by atoms with van der Waals surface area (Å²) in [6, 6.07) is 10.1. The third-order valence-electron chi connectivity index (χ3n) is 9.61. The zero-order valence-corrected chi connectivity index (χ0v) is 27.3. The number of benzene rings is 3. The molecule has 4 aliphatic carbocycles. The minimum absolute atomic E-state index is 0.0265. The minimum atomic E-state index is -5.25. The van der Waals surface area contributed by atoms with Crippen LogP contribution in [0.4, 0.5) is 22.7 Å². The monoisotopic (exact) mass is 729 g/mol. The van der Waals surface area contributed by atoms with E-state index in [-0.39, 0.29) is 22.6 Å². The van der Waals surface area contributed by atoms with Gasteiger partial charge in [-0.25, -0.2) is 21.6 Å². The molecule has 4 bridgehead atoms. The fraction of sp³-hybridized carbons (Fsp3) is 0.333. The first-order valence-electron chi connectivity index (χ1n) is 15.0. The molecule has 3 aromatic rings. The number of nitrogens with one attached hydrogen (secondary N) is 1. The molecule has 20 heteroatoms. The van der Waals surface area contributed by atoms with Gasteiger partial charge in [0.15, 0.2) is 0 Å². The predicted molar refractivity (Wildman–Crippen MR) is 171 cm³/mol. The van der Waals surface area contributed by atoms with Gasteiger partial charge in [-0.15, -0.1) is 0 Å². The number of carboxylic acids is 1. The summed E-state index contributed by atoms with van der Waals surface area (Å²) >= 11 is 0. The first-order valence-corrected chi connectivity index (χ1v) is 17.9. The number of nitrogens with zero attached hydrogens (tertiary/aromatic N) is 4. The third kappa shape index (κ3) is 5.83. The Morgan fingerprint density at radius 3 is 1.98 bits per heavy atom. The van der Waals surface area contributed by atoms with Gasteiger partial charge in [0.05, 0.1) is 41.2 Å². The highest BCUT2D eigenvalue weighted by atomic mass is 32.2. The Hall–Kier alpha value is -5.34. The lowest BCUT2D eigenvalue weighted by molar-refractivity contribution is -0.422. The quantitative estimate of drug-likeness (QED) is 0.208. The number of carboxylic acid groups (broad SMARTS) is 1. The molecule has 2 unspecified atom stereocenters. The standard InChI is InChI=1S/C30H27N5O13S2/c36-27(32(20-4-2-1-3-5-20)50(47,48)22-7-8-24(34(41)42)25(12-22)35(43)44)23-11-21(33(39)40)6-9-26(23)49(45,46)31-30-15-18-10-19(16-30)14-29(13-18,17-30)28(37)38/h1-9,11-12,18-19,31H,10,13-17H2,(H,37,38). The summed E-state index contributed by atoms with van der Waals surface area (Å²) in [5, 5.41) is 44.9. The van der Waals surface area contributed by atoms with Crippen molar-refractivity contribution in [2.75, 3.05) is 4.31 Å². The van der Waals surface area contributed by atoms with Crippen LogP contribution in [0.25, 0.3) is 0 Å². The number of hydrogen-bond donors (Lipinski definition) is 2. The molecule has 18 nitrogen and oxygen atoms in total. The Kier molecular flexibility index (Phi) is 8.23. The molecular formula is C30H27N5O13S2. The first kappa shape index (κ1) is 34.5. The Bertz CT molecular complexity index is 2200. The van der Waals surface area contributed by atoms with Gasteiger partial charge in [-0.3, -0.25) is 39.9 Å². The smallest absolute Gasteiger partial charge is 0.347 e. The van der Waals surface area contributed by atoms with Crippen LogP contribution in [0.2, 0.25) is 0 Å². The molecule has 0 aromatic heterocycles. The van der Waals surface area contributed by atoms with Crippen molar-refractivity contribution >= 4 is 54.7 Å². The number of nitro benzene ring substituents is 3. The molecule has 1 amide bonds. The number of aliphatic carboxylic acids is 1. The SMILES string of the molecule is O=C(c1cc([N+](=O)[O-])ccc1S(=O)(=O)NC12CC3CC(C1)CC(C(=O)O)(C3)C2)N(c1ccccc1)S(=O)(=O)c1ccc([N+](=O)[O-])c([N+](=O)[O-])c1. The number of amides is 1. The minimum Gasteiger partial charge on any atom is -0.481 e. The highest BCUT2D eigenvalue weighted by Gasteiger charge is 2.62. The fourth-order valence-electron chi connectivity index (χ4n) is 8.11. The molecule has 50 heavy (non-hydrogen) atoms. The van der Waals surface area contributed by atoms with Crippen molar-refractivity contribution in [2.45, 2.75) is 53.9 Å². The van der Waals surface area contributed by atoms with Crippen LogP contribution in [-0.2, 0) is 24.8 Å². The largest absolute Gasteiger partial charge is 0.481 e. The van der Waals surface area contributed by atoms with Crippen LogP contribution in [0.3, 0.4) is 0 Å². The lowest BCUT2D eigenvalue weighted by Crippen LogP contribution is -2.64. The molecule has 0 spiro atoms. The number of sulfonamides is 2. The number of para-hydroxylation sites is 1. The first-order chi connectivity index (χ1) is 23.4. The second-order valence-electron chi connectivity index (χ2n) is 12.9. The van der Waals surface area contributed by atoms with Crippen molar-refractivity contribution < 1.29 is 46.3 Å². The number of carbonyl (C=O) groups is 2. The molecule has 0 saturated heterocycles. The lowest BCUT2D eigenvalue weighted by Gasteiger charge is -2.60. The van der Waals surface area contributed by atoms with E-state index in [0.29, 0.717) is 49.9 Å². The summed E-state index contributed by atoms with van der Waals surface area (Å²) in [5.41, 5.74) is -6.76. The highest BCUT2D eigenvalue weighted by Crippen LogP contribution is 2.62. The van der Waals surface area contributed by atoms with E-state index < -0.39 is 95.8 Å². The molecule has 2 atom stereocenters. The summed E-state index contributed by atoms with van der Waals surface area (Å²) in [5.74, 6) is -2.82. The van der Waals surface area contributed by atoms with Crippen LogP contribution in [-0.4, -0.2) is 54.1 Å². The van der Waals surface area contributed by atoms with E-state index in [0.717, 1.165) is 30.7 Å². The van der Waals surface area contributed by atoms with Gasteiger partial charge < -0.3 is 5.11 Å². The lowest BCUT2D eigenvalue weighted by atomic mass is 9.47. The maximum atomic E-state index is 14.4. The van der Waals surface area contributed by atoms with Crippen molar-refractivity contribution in [1.29, 1.82) is 0 Å². The van der Waals surface area contributed by atoms with Gasteiger partial charge in [0, 0.05) is 29.8 Å². The van der Waals surface area contributed by atoms with E-state index in [4.69, 9.17) is 0 Å². The Morgan fingerprint density at radius 1 is 0.800 bits per heavy atom. The van der Waals surface area contributed by atoms with Crippen LogP contribution >= 0.6 is 0 Å². The van der Waals surface area contributed by atoms with Gasteiger partial charge in [-0.1, -0.05) is 18.2 Å². The second kappa shape index (κ2) is 11.9. The molecule has 0 radical (unpaired) electrons. The van der Waals surface area contributed by atoms with Crippen LogP contribution in [0.1, 0.15) is 48.9 Å². The molecule has 3 aromatic carbocycles. The topological polar surface area (TPSA) is 267 Å². The van der Waals surface area contributed by atoms with E-state index in [1.54, 1.807) is 0 Å². The summed E-state index contributed by atoms with van der Waals surface area (Å²) < 4.78 is 59.4. The Morgan fingerprint density at radius 2 is 1.42 bits per heavy atom. The van der Waals surface area contributed by atoms with Crippen LogP contribution in [0.5, 0.6) is 0 Å². The number of rotatable bonds is 11. The van der Waals surface area contributed by atoms with Gasteiger partial charge in [0.1, 0.15) is 0 Å². The summed E-state index contributed by atoms with van der Waals surface area (Å²) in [6.07, 6.45) is 2.10. The van der Waals surface area contributed by atoms with E-state index in [1.807, 2.05) is 0 Å². The molecular weight excluding hydrogens is 702 g/mol. The Balaban J connectivity index is 1.49. The van der Waals surface area contributed by atoms with Crippen molar-refractivity contribution in [3.63, 3.8) is 0 Å². The van der Waals surface area contributed by atoms with Crippen molar-refractivity contribution in [1.82, 2.24) is 4.72 Å². The molecule has 0 aliphatic heterocycles. The number of nitro groups is 3. The molecule has 4 fully saturated rings. The number of anilines is 1. The van der Waals surface area contributed by atoms with E-state index in [9.17, 15) is 61.9 Å². The number of non-ortho nitro benzene ring substituents is 1. The van der Waals surface area contributed by atoms with Gasteiger partial charge in [0.25, 0.3) is 21.6 Å². The van der Waals surface area contributed by atoms with Gasteiger partial charge in [-0.2, -0.15) is 4.31 Å². The van der Waals surface area contributed by atoms with Crippen molar-refractivity contribution in [3.8, 4) is 0 Å².